The van der Waals surface area contributed by atoms with E-state index in [9.17, 15) is 14.4 Å². The number of aromatic hydroxyl groups is 1. The van der Waals surface area contributed by atoms with Gasteiger partial charge in [-0.3, -0.25) is 9.59 Å². The van der Waals surface area contributed by atoms with Crippen molar-refractivity contribution in [3.05, 3.63) is 29.8 Å². The average molecular weight is 250 g/mol. The van der Waals surface area contributed by atoms with E-state index in [1.54, 1.807) is 12.1 Å². The fraction of sp³-hybridized carbons (Fsp3) is 0.250. The van der Waals surface area contributed by atoms with Crippen LogP contribution < -0.4 is 10.6 Å². The molecule has 0 fully saturated rings. The van der Waals surface area contributed by atoms with Crippen LogP contribution in [0.3, 0.4) is 0 Å². The largest absolute Gasteiger partial charge is 0.508 e. The van der Waals surface area contributed by atoms with Crippen molar-refractivity contribution in [2.24, 2.45) is 0 Å². The number of hydrogen-bond donors (Lipinski definition) is 3. The van der Waals surface area contributed by atoms with Gasteiger partial charge in [0.25, 0.3) is 0 Å². The highest BCUT2D eigenvalue weighted by Crippen LogP contribution is 2.11. The molecule has 0 bridgehead atoms. The summed E-state index contributed by atoms with van der Waals surface area (Å²) in [5.41, 5.74) is 0.786. The van der Waals surface area contributed by atoms with Gasteiger partial charge in [0, 0.05) is 6.42 Å². The second-order valence-corrected chi connectivity index (χ2v) is 3.62. The minimum atomic E-state index is -0.744. The van der Waals surface area contributed by atoms with Crippen LogP contribution in [0.5, 0.6) is 5.75 Å². The second kappa shape index (κ2) is 7.05. The zero-order valence-corrected chi connectivity index (χ0v) is 9.63. The predicted molar refractivity (Wildman–Crippen MR) is 63.9 cm³/mol. The highest BCUT2D eigenvalue weighted by Gasteiger charge is 2.17. The number of hydrogen-bond acceptors (Lipinski definition) is 4. The molecule has 6 nitrogen and oxygen atoms in total. The third-order valence-electron chi connectivity index (χ3n) is 2.32. The minimum Gasteiger partial charge on any atom is -0.508 e. The molecule has 3 N–H and O–H groups in total. The smallest absolute Gasteiger partial charge is 0.243 e. The summed E-state index contributed by atoms with van der Waals surface area (Å²) < 4.78 is 0. The first-order valence-corrected chi connectivity index (χ1v) is 5.36. The average Bonchev–Trinajstić information content (AvgIpc) is 2.38. The lowest BCUT2D eigenvalue weighted by atomic mass is 10.1. The molecule has 0 heterocycles. The van der Waals surface area contributed by atoms with Crippen molar-refractivity contribution >= 4 is 18.6 Å². The number of carbonyl (C=O) groups is 3. The van der Waals surface area contributed by atoms with Gasteiger partial charge < -0.3 is 20.5 Å². The summed E-state index contributed by atoms with van der Waals surface area (Å²) in [7, 11) is 0. The zero-order chi connectivity index (χ0) is 13.4. The van der Waals surface area contributed by atoms with Crippen molar-refractivity contribution in [2.45, 2.75) is 12.5 Å². The Bertz CT molecular complexity index is 417. The van der Waals surface area contributed by atoms with E-state index in [-0.39, 0.29) is 18.7 Å². The molecule has 0 aromatic heterocycles. The van der Waals surface area contributed by atoms with E-state index in [0.717, 1.165) is 5.56 Å². The van der Waals surface area contributed by atoms with E-state index in [1.807, 2.05) is 0 Å². The molecular weight excluding hydrogens is 236 g/mol. The van der Waals surface area contributed by atoms with Crippen LogP contribution in [0.2, 0.25) is 0 Å². The van der Waals surface area contributed by atoms with Gasteiger partial charge in [-0.1, -0.05) is 12.1 Å². The van der Waals surface area contributed by atoms with E-state index in [1.165, 1.54) is 12.1 Å². The molecule has 18 heavy (non-hydrogen) atoms. The number of amides is 2. The minimum absolute atomic E-state index is 0.0918. The number of phenols is 1. The summed E-state index contributed by atoms with van der Waals surface area (Å²) >= 11 is 0. The van der Waals surface area contributed by atoms with Crippen LogP contribution in [-0.4, -0.2) is 36.3 Å². The van der Waals surface area contributed by atoms with Gasteiger partial charge in [-0.2, -0.15) is 0 Å². The molecule has 6 heteroatoms. The molecule has 1 rings (SSSR count). The maximum Gasteiger partial charge on any atom is 0.243 e. The molecule has 0 radical (unpaired) electrons. The topological polar surface area (TPSA) is 95.5 Å². The molecule has 1 aromatic rings. The molecule has 1 aromatic carbocycles. The fourth-order valence-electron chi connectivity index (χ4n) is 1.44. The van der Waals surface area contributed by atoms with Crippen molar-refractivity contribution in [2.75, 3.05) is 6.54 Å². The van der Waals surface area contributed by atoms with Crippen molar-refractivity contribution in [1.29, 1.82) is 0 Å². The van der Waals surface area contributed by atoms with Gasteiger partial charge in [0.05, 0.1) is 6.54 Å². The highest BCUT2D eigenvalue weighted by atomic mass is 16.3. The summed E-state index contributed by atoms with van der Waals surface area (Å²) in [4.78, 5) is 32.2. The quantitative estimate of drug-likeness (QED) is 0.561. The van der Waals surface area contributed by atoms with Crippen LogP contribution in [0.25, 0.3) is 0 Å². The maximum absolute atomic E-state index is 11.6. The van der Waals surface area contributed by atoms with Crippen LogP contribution in [0, 0.1) is 0 Å². The van der Waals surface area contributed by atoms with Gasteiger partial charge in [-0.25, -0.2) is 0 Å². The van der Waals surface area contributed by atoms with E-state index < -0.39 is 11.9 Å². The van der Waals surface area contributed by atoms with Gasteiger partial charge in [-0.15, -0.1) is 0 Å². The predicted octanol–water partition coefficient (Wildman–Crippen LogP) is -0.636. The number of benzene rings is 1. The Morgan fingerprint density at radius 3 is 2.50 bits per heavy atom. The maximum atomic E-state index is 11.6. The molecule has 1 unspecified atom stereocenters. The van der Waals surface area contributed by atoms with Crippen LogP contribution >= 0.6 is 0 Å². The van der Waals surface area contributed by atoms with Gasteiger partial charge in [-0.05, 0) is 17.7 Å². The van der Waals surface area contributed by atoms with Crippen LogP contribution in [-0.2, 0) is 20.8 Å². The summed E-state index contributed by atoms with van der Waals surface area (Å²) in [6.45, 7) is -0.0918. The SMILES string of the molecule is O=CCNC(=O)C(Cc1ccc(O)cc1)NC=O. The van der Waals surface area contributed by atoms with E-state index in [0.29, 0.717) is 12.7 Å². The Hall–Kier alpha value is -2.37. The lowest BCUT2D eigenvalue weighted by Gasteiger charge is -2.15. The first kappa shape index (κ1) is 13.7. The molecule has 0 saturated heterocycles. The van der Waals surface area contributed by atoms with E-state index >= 15 is 0 Å². The first-order valence-electron chi connectivity index (χ1n) is 5.36. The molecular formula is C12H14N2O4. The Balaban J connectivity index is 2.66. The standard InChI is InChI=1S/C12H14N2O4/c15-6-5-13-12(18)11(14-8-16)7-9-1-3-10(17)4-2-9/h1-4,6,8,11,17H,5,7H2,(H,13,18)(H,14,16). The molecule has 96 valence electrons. The Morgan fingerprint density at radius 2 is 1.94 bits per heavy atom. The molecule has 2 amide bonds. The van der Waals surface area contributed by atoms with Gasteiger partial charge in [0.15, 0.2) is 0 Å². The third-order valence-corrected chi connectivity index (χ3v) is 2.32. The summed E-state index contributed by atoms with van der Waals surface area (Å²) in [6, 6.07) is 5.56. The van der Waals surface area contributed by atoms with Gasteiger partial charge >= 0.3 is 0 Å². The van der Waals surface area contributed by atoms with Crippen molar-refractivity contribution < 1.29 is 19.5 Å². The second-order valence-electron chi connectivity index (χ2n) is 3.62. The number of phenolic OH excluding ortho intramolecular Hbond substituents is 1. The van der Waals surface area contributed by atoms with Crippen LogP contribution in [0.4, 0.5) is 0 Å². The highest BCUT2D eigenvalue weighted by molar-refractivity contribution is 5.85. The molecule has 0 aliphatic heterocycles. The normalized spacial score (nSPS) is 11.3. The fourth-order valence-corrected chi connectivity index (χ4v) is 1.44. The number of rotatable bonds is 7. The molecule has 0 spiro atoms. The van der Waals surface area contributed by atoms with Crippen molar-refractivity contribution in [3.63, 3.8) is 0 Å². The lowest BCUT2D eigenvalue weighted by Crippen LogP contribution is -2.45. The lowest BCUT2D eigenvalue weighted by molar-refractivity contribution is -0.126. The Morgan fingerprint density at radius 1 is 1.28 bits per heavy atom. The monoisotopic (exact) mass is 250 g/mol. The van der Waals surface area contributed by atoms with Crippen molar-refractivity contribution in [1.82, 2.24) is 10.6 Å². The van der Waals surface area contributed by atoms with Crippen LogP contribution in [0.15, 0.2) is 24.3 Å². The van der Waals surface area contributed by atoms with Gasteiger partial charge in [0.1, 0.15) is 18.1 Å². The van der Waals surface area contributed by atoms with E-state index in [2.05, 4.69) is 10.6 Å². The molecule has 0 aliphatic rings. The molecule has 0 saturated carbocycles. The van der Waals surface area contributed by atoms with Crippen LogP contribution in [0.1, 0.15) is 5.56 Å². The molecule has 1 atom stereocenters. The summed E-state index contributed by atoms with van der Waals surface area (Å²) in [6.07, 6.45) is 1.28. The van der Waals surface area contributed by atoms with Gasteiger partial charge in [0.2, 0.25) is 12.3 Å². The number of aldehydes is 1. The molecule has 0 aliphatic carbocycles. The van der Waals surface area contributed by atoms with E-state index in [4.69, 9.17) is 5.11 Å². The summed E-state index contributed by atoms with van der Waals surface area (Å²) in [5, 5.41) is 13.9. The van der Waals surface area contributed by atoms with Crippen molar-refractivity contribution in [3.8, 4) is 5.75 Å². The number of nitrogens with one attached hydrogen (secondary N) is 2. The first-order chi connectivity index (χ1) is 8.67. The number of carbonyl (C=O) groups excluding carboxylic acids is 3. The Kier molecular flexibility index (Phi) is 5.37. The third kappa shape index (κ3) is 4.25. The Labute approximate surface area is 104 Å². The summed E-state index contributed by atoms with van der Waals surface area (Å²) in [5.74, 6) is -0.300. The zero-order valence-electron chi connectivity index (χ0n) is 9.63.